The first-order chi connectivity index (χ1) is 15.6. The molecule has 9 nitrogen and oxygen atoms in total. The van der Waals surface area contributed by atoms with Crippen molar-refractivity contribution in [2.45, 2.75) is 71.1 Å². The summed E-state index contributed by atoms with van der Waals surface area (Å²) in [6.45, 7) is 6.06. The van der Waals surface area contributed by atoms with Crippen molar-refractivity contribution in [1.82, 2.24) is 10.2 Å². The Bertz CT molecular complexity index is 820. The van der Waals surface area contributed by atoms with Crippen LogP contribution in [-0.4, -0.2) is 58.7 Å². The smallest absolute Gasteiger partial charge is 0.410 e. The number of alkyl carbamates (subject to hydrolysis) is 1. The Morgan fingerprint density at radius 2 is 1.88 bits per heavy atom. The molecule has 1 fully saturated rings. The molecule has 2 amide bonds. The normalized spacial score (nSPS) is 16.7. The van der Waals surface area contributed by atoms with E-state index < -0.39 is 35.7 Å². The van der Waals surface area contributed by atoms with Crippen LogP contribution in [-0.2, 0) is 25.7 Å². The molecule has 1 aliphatic heterocycles. The maximum atomic E-state index is 12.8. The zero-order valence-corrected chi connectivity index (χ0v) is 19.5. The summed E-state index contributed by atoms with van der Waals surface area (Å²) in [5.74, 6) is -2.24. The van der Waals surface area contributed by atoms with Gasteiger partial charge in [-0.25, -0.2) is 9.59 Å². The highest BCUT2D eigenvalue weighted by Gasteiger charge is 2.37. The van der Waals surface area contributed by atoms with Crippen LogP contribution >= 0.6 is 0 Å². The molecule has 9 heteroatoms. The molecule has 0 radical (unpaired) electrons. The minimum atomic E-state index is -1.07. The molecule has 1 heterocycles. The summed E-state index contributed by atoms with van der Waals surface area (Å²) < 4.78 is 10.5. The largest absolute Gasteiger partial charge is 0.481 e. The van der Waals surface area contributed by atoms with E-state index in [0.29, 0.717) is 25.8 Å². The molecule has 2 atom stereocenters. The third-order valence-electron chi connectivity index (χ3n) is 5.26. The molecular formula is C24H34N2O7. The Labute approximate surface area is 194 Å². The van der Waals surface area contributed by atoms with Crippen molar-refractivity contribution < 1.29 is 33.8 Å². The van der Waals surface area contributed by atoms with Crippen molar-refractivity contribution in [2.24, 2.45) is 5.92 Å². The molecule has 0 bridgehead atoms. The lowest BCUT2D eigenvalue weighted by molar-refractivity contribution is -0.144. The molecule has 0 saturated carbocycles. The van der Waals surface area contributed by atoms with E-state index >= 15 is 0 Å². The number of carboxylic acids is 1. The minimum absolute atomic E-state index is 0.147. The summed E-state index contributed by atoms with van der Waals surface area (Å²) >= 11 is 0. The van der Waals surface area contributed by atoms with Gasteiger partial charge in [0.15, 0.2) is 5.78 Å². The molecule has 0 spiro atoms. The van der Waals surface area contributed by atoms with Crippen LogP contribution in [0.4, 0.5) is 9.59 Å². The number of amides is 2. The van der Waals surface area contributed by atoms with E-state index in [0.717, 1.165) is 5.56 Å². The summed E-state index contributed by atoms with van der Waals surface area (Å²) in [7, 11) is 0. The first kappa shape index (κ1) is 26.2. The van der Waals surface area contributed by atoms with Gasteiger partial charge in [0, 0.05) is 19.5 Å². The number of hydrogen-bond donors (Lipinski definition) is 2. The molecule has 1 saturated heterocycles. The molecule has 182 valence electrons. The Morgan fingerprint density at radius 1 is 1.18 bits per heavy atom. The predicted molar refractivity (Wildman–Crippen MR) is 121 cm³/mol. The molecule has 1 aromatic carbocycles. The zero-order chi connectivity index (χ0) is 24.4. The fourth-order valence-corrected chi connectivity index (χ4v) is 3.65. The molecule has 1 aromatic rings. The maximum Gasteiger partial charge on any atom is 0.410 e. The van der Waals surface area contributed by atoms with Crippen LogP contribution in [0, 0.1) is 5.92 Å². The van der Waals surface area contributed by atoms with E-state index in [4.69, 9.17) is 9.47 Å². The van der Waals surface area contributed by atoms with Crippen LogP contribution in [0.25, 0.3) is 0 Å². The highest BCUT2D eigenvalue weighted by atomic mass is 16.6. The van der Waals surface area contributed by atoms with Gasteiger partial charge in [-0.05, 0) is 52.0 Å². The quantitative estimate of drug-likeness (QED) is 0.508. The van der Waals surface area contributed by atoms with E-state index in [1.165, 1.54) is 4.90 Å². The van der Waals surface area contributed by atoms with E-state index in [2.05, 4.69) is 5.32 Å². The number of ketones is 1. The van der Waals surface area contributed by atoms with Crippen LogP contribution in [0.15, 0.2) is 30.3 Å². The van der Waals surface area contributed by atoms with Gasteiger partial charge >= 0.3 is 18.2 Å². The lowest BCUT2D eigenvalue weighted by atomic mass is 9.93. The fourth-order valence-electron chi connectivity index (χ4n) is 3.65. The summed E-state index contributed by atoms with van der Waals surface area (Å²) in [6.07, 6.45) is 0.466. The summed E-state index contributed by atoms with van der Waals surface area (Å²) in [5, 5.41) is 12.1. The predicted octanol–water partition coefficient (Wildman–Crippen LogP) is 3.75. The maximum absolute atomic E-state index is 12.8. The SMILES string of the molecule is CC(C)(C)OC(=O)N1CCC[C@H]1C(=O)C[C@@H](CCCNC(=O)OCc1ccccc1)C(=O)O. The van der Waals surface area contributed by atoms with Crippen molar-refractivity contribution in [2.75, 3.05) is 13.1 Å². The third-order valence-corrected chi connectivity index (χ3v) is 5.26. The molecule has 0 unspecified atom stereocenters. The van der Waals surface area contributed by atoms with Crippen LogP contribution < -0.4 is 5.32 Å². The van der Waals surface area contributed by atoms with Gasteiger partial charge in [-0.1, -0.05) is 30.3 Å². The van der Waals surface area contributed by atoms with Gasteiger partial charge in [0.05, 0.1) is 12.0 Å². The number of benzene rings is 1. The van der Waals surface area contributed by atoms with Crippen molar-refractivity contribution in [3.05, 3.63) is 35.9 Å². The van der Waals surface area contributed by atoms with Crippen LogP contribution in [0.3, 0.4) is 0 Å². The first-order valence-electron chi connectivity index (χ1n) is 11.3. The number of likely N-dealkylation sites (tertiary alicyclic amines) is 1. The molecule has 0 aromatic heterocycles. The zero-order valence-electron chi connectivity index (χ0n) is 19.5. The number of aliphatic carboxylic acids is 1. The molecule has 2 N–H and O–H groups in total. The van der Waals surface area contributed by atoms with Gasteiger partial charge in [-0.15, -0.1) is 0 Å². The second-order valence-corrected chi connectivity index (χ2v) is 9.17. The number of carboxylic acid groups (broad SMARTS) is 1. The summed E-state index contributed by atoms with van der Waals surface area (Å²) in [6, 6.07) is 8.60. The molecule has 2 rings (SSSR count). The number of carbonyl (C=O) groups is 4. The number of hydrogen-bond acceptors (Lipinski definition) is 6. The van der Waals surface area contributed by atoms with Gasteiger partial charge in [0.1, 0.15) is 12.2 Å². The number of rotatable bonds is 10. The van der Waals surface area contributed by atoms with Crippen molar-refractivity contribution in [3.63, 3.8) is 0 Å². The van der Waals surface area contributed by atoms with Gasteiger partial charge in [0.25, 0.3) is 0 Å². The Balaban J connectivity index is 1.76. The number of carbonyl (C=O) groups excluding carboxylic acids is 3. The number of nitrogens with zero attached hydrogens (tertiary/aromatic N) is 1. The average Bonchev–Trinajstić information content (AvgIpc) is 3.24. The van der Waals surface area contributed by atoms with Crippen LogP contribution in [0.2, 0.25) is 0 Å². The Kier molecular flexibility index (Phi) is 9.69. The number of ether oxygens (including phenoxy) is 2. The topological polar surface area (TPSA) is 122 Å². The lowest BCUT2D eigenvalue weighted by Crippen LogP contribution is -2.44. The standard InChI is InChI=1S/C24H34N2O7/c1-24(2,3)33-23(31)26-14-8-12-19(26)20(27)15-18(21(28)29)11-7-13-25-22(30)32-16-17-9-5-4-6-10-17/h4-6,9-10,18-19H,7-8,11-16H2,1-3H3,(H,25,30)(H,28,29)/t18-,19+/m1/s1. The minimum Gasteiger partial charge on any atom is -0.481 e. The van der Waals surface area contributed by atoms with E-state index in [9.17, 15) is 24.3 Å². The van der Waals surface area contributed by atoms with E-state index in [1.54, 1.807) is 20.8 Å². The second kappa shape index (κ2) is 12.2. The van der Waals surface area contributed by atoms with E-state index in [1.807, 2.05) is 30.3 Å². The third kappa shape index (κ3) is 9.11. The van der Waals surface area contributed by atoms with Gasteiger partial charge in [-0.3, -0.25) is 14.5 Å². The van der Waals surface area contributed by atoms with Gasteiger partial charge in [-0.2, -0.15) is 0 Å². The monoisotopic (exact) mass is 462 g/mol. The Hall–Kier alpha value is -3.10. The Morgan fingerprint density at radius 3 is 2.52 bits per heavy atom. The molecule has 1 aliphatic rings. The van der Waals surface area contributed by atoms with Crippen LogP contribution in [0.1, 0.15) is 58.4 Å². The van der Waals surface area contributed by atoms with Crippen LogP contribution in [0.5, 0.6) is 0 Å². The number of nitrogens with one attached hydrogen (secondary N) is 1. The average molecular weight is 463 g/mol. The molecule has 0 aliphatic carbocycles. The lowest BCUT2D eigenvalue weighted by Gasteiger charge is -2.28. The van der Waals surface area contributed by atoms with Crippen molar-refractivity contribution in [1.29, 1.82) is 0 Å². The molecular weight excluding hydrogens is 428 g/mol. The first-order valence-corrected chi connectivity index (χ1v) is 11.3. The highest BCUT2D eigenvalue weighted by molar-refractivity contribution is 5.90. The van der Waals surface area contributed by atoms with Crippen molar-refractivity contribution >= 4 is 23.9 Å². The highest BCUT2D eigenvalue weighted by Crippen LogP contribution is 2.24. The fraction of sp³-hybridized carbons (Fsp3) is 0.583. The number of Topliss-reactive ketones (excluding diaryl/α,β-unsaturated/α-hetero) is 1. The second-order valence-electron chi connectivity index (χ2n) is 9.17. The van der Waals surface area contributed by atoms with Gasteiger partial charge < -0.3 is 19.9 Å². The summed E-state index contributed by atoms with van der Waals surface area (Å²) in [4.78, 5) is 50.1. The van der Waals surface area contributed by atoms with E-state index in [-0.39, 0.29) is 31.8 Å². The summed E-state index contributed by atoms with van der Waals surface area (Å²) in [5.41, 5.74) is 0.191. The molecule has 33 heavy (non-hydrogen) atoms. The van der Waals surface area contributed by atoms with Gasteiger partial charge in [0.2, 0.25) is 0 Å². The van der Waals surface area contributed by atoms with Crippen molar-refractivity contribution in [3.8, 4) is 0 Å².